The predicted molar refractivity (Wildman–Crippen MR) is 77.5 cm³/mol. The van der Waals surface area contributed by atoms with Crippen LogP contribution in [0.1, 0.15) is 43.7 Å². The lowest BCUT2D eigenvalue weighted by Crippen LogP contribution is -2.56. The Morgan fingerprint density at radius 1 is 1.55 bits per heavy atom. The van der Waals surface area contributed by atoms with Crippen LogP contribution in [0.4, 0.5) is 4.39 Å². The lowest BCUT2D eigenvalue weighted by molar-refractivity contribution is -0.128. The summed E-state index contributed by atoms with van der Waals surface area (Å²) >= 11 is 0. The summed E-state index contributed by atoms with van der Waals surface area (Å²) in [6, 6.07) is 5.01. The normalized spacial score (nSPS) is 26.3. The molecule has 0 saturated heterocycles. The molecule has 0 heterocycles. The quantitative estimate of drug-likeness (QED) is 0.893. The maximum atomic E-state index is 13.4. The van der Waals surface area contributed by atoms with E-state index in [1.165, 1.54) is 6.07 Å². The van der Waals surface area contributed by atoms with E-state index in [0.717, 1.165) is 31.2 Å². The molecule has 3 N–H and O–H groups in total. The fourth-order valence-electron chi connectivity index (χ4n) is 2.90. The second-order valence-electron chi connectivity index (χ2n) is 6.12. The first-order valence-electron chi connectivity index (χ1n) is 7.23. The van der Waals surface area contributed by atoms with E-state index in [2.05, 4.69) is 12.2 Å². The highest BCUT2D eigenvalue weighted by molar-refractivity contribution is 5.86. The molecule has 2 unspecified atom stereocenters. The molecule has 2 atom stereocenters. The highest BCUT2D eigenvalue weighted by Gasteiger charge is 2.37. The molecular weight excluding hydrogens is 255 g/mol. The van der Waals surface area contributed by atoms with Crippen molar-refractivity contribution in [3.63, 3.8) is 0 Å². The maximum Gasteiger partial charge on any atom is 0.240 e. The van der Waals surface area contributed by atoms with Crippen molar-refractivity contribution in [1.29, 1.82) is 0 Å². The minimum Gasteiger partial charge on any atom is -0.350 e. The minimum atomic E-state index is -0.763. The zero-order chi connectivity index (χ0) is 14.8. The summed E-state index contributed by atoms with van der Waals surface area (Å²) in [6.45, 7) is 4.17. The Bertz CT molecular complexity index is 503. The van der Waals surface area contributed by atoms with Crippen molar-refractivity contribution < 1.29 is 9.18 Å². The Hall–Kier alpha value is -1.42. The van der Waals surface area contributed by atoms with Gasteiger partial charge in [0.2, 0.25) is 5.91 Å². The minimum absolute atomic E-state index is 0.120. The van der Waals surface area contributed by atoms with Crippen molar-refractivity contribution >= 4 is 5.91 Å². The van der Waals surface area contributed by atoms with E-state index in [0.29, 0.717) is 18.0 Å². The summed E-state index contributed by atoms with van der Waals surface area (Å²) in [5.74, 6) is 0.117. The van der Waals surface area contributed by atoms with Gasteiger partial charge in [0.1, 0.15) is 5.82 Å². The number of carbonyl (C=O) groups is 1. The lowest BCUT2D eigenvalue weighted by Gasteiger charge is -2.35. The number of amides is 1. The molecular formula is C16H23FN2O. The highest BCUT2D eigenvalue weighted by Crippen LogP contribution is 2.30. The Balaban J connectivity index is 1.96. The van der Waals surface area contributed by atoms with Crippen LogP contribution in [-0.2, 0) is 11.3 Å². The number of aryl methyl sites for hydroxylation is 1. The average molecular weight is 278 g/mol. The fourth-order valence-corrected chi connectivity index (χ4v) is 2.90. The summed E-state index contributed by atoms with van der Waals surface area (Å²) in [5, 5.41) is 2.85. The van der Waals surface area contributed by atoms with E-state index >= 15 is 0 Å². The number of nitrogens with two attached hydrogens (primary N) is 1. The zero-order valence-electron chi connectivity index (χ0n) is 12.2. The monoisotopic (exact) mass is 278 g/mol. The molecule has 1 amide bonds. The largest absolute Gasteiger partial charge is 0.350 e. The van der Waals surface area contributed by atoms with Crippen molar-refractivity contribution in [2.75, 3.05) is 0 Å². The van der Waals surface area contributed by atoms with Gasteiger partial charge in [-0.2, -0.15) is 0 Å². The van der Waals surface area contributed by atoms with Gasteiger partial charge in [-0.1, -0.05) is 31.9 Å². The van der Waals surface area contributed by atoms with Gasteiger partial charge in [0.25, 0.3) is 0 Å². The summed E-state index contributed by atoms with van der Waals surface area (Å²) < 4.78 is 13.4. The number of hydrogen-bond acceptors (Lipinski definition) is 2. The van der Waals surface area contributed by atoms with Gasteiger partial charge >= 0.3 is 0 Å². The molecule has 1 aromatic rings. The molecule has 0 radical (unpaired) electrons. The molecule has 1 saturated carbocycles. The van der Waals surface area contributed by atoms with Crippen molar-refractivity contribution in [3.8, 4) is 0 Å². The first kappa shape index (κ1) is 15.0. The van der Waals surface area contributed by atoms with Crippen molar-refractivity contribution in [1.82, 2.24) is 5.32 Å². The predicted octanol–water partition coefficient (Wildman–Crippen LogP) is 2.66. The van der Waals surface area contributed by atoms with Gasteiger partial charge < -0.3 is 11.1 Å². The second-order valence-corrected chi connectivity index (χ2v) is 6.12. The van der Waals surface area contributed by atoms with Crippen LogP contribution in [0.15, 0.2) is 18.2 Å². The van der Waals surface area contributed by atoms with Crippen LogP contribution >= 0.6 is 0 Å². The van der Waals surface area contributed by atoms with Crippen LogP contribution in [0, 0.1) is 18.7 Å². The third-order valence-electron chi connectivity index (χ3n) is 4.17. The van der Waals surface area contributed by atoms with E-state index in [1.807, 2.05) is 6.07 Å². The van der Waals surface area contributed by atoms with E-state index < -0.39 is 5.54 Å². The van der Waals surface area contributed by atoms with Gasteiger partial charge in [0, 0.05) is 6.54 Å². The molecule has 0 aromatic heterocycles. The van der Waals surface area contributed by atoms with Crippen LogP contribution in [0.2, 0.25) is 0 Å². The van der Waals surface area contributed by atoms with E-state index in [4.69, 9.17) is 5.73 Å². The molecule has 0 bridgehead atoms. The zero-order valence-corrected chi connectivity index (χ0v) is 12.2. The number of carbonyl (C=O) groups excluding carboxylic acids is 1. The van der Waals surface area contributed by atoms with Crippen LogP contribution in [-0.4, -0.2) is 11.4 Å². The average Bonchev–Trinajstić information content (AvgIpc) is 2.39. The molecule has 2 rings (SSSR count). The van der Waals surface area contributed by atoms with Crippen LogP contribution in [0.5, 0.6) is 0 Å². The Kier molecular flexibility index (Phi) is 4.43. The second kappa shape index (κ2) is 5.92. The van der Waals surface area contributed by atoms with Gasteiger partial charge in [-0.15, -0.1) is 0 Å². The number of rotatable bonds is 3. The Morgan fingerprint density at radius 2 is 2.30 bits per heavy atom. The molecule has 0 aliphatic heterocycles. The van der Waals surface area contributed by atoms with Crippen molar-refractivity contribution in [3.05, 3.63) is 35.1 Å². The van der Waals surface area contributed by atoms with Gasteiger partial charge in [-0.25, -0.2) is 4.39 Å². The van der Waals surface area contributed by atoms with Crippen LogP contribution < -0.4 is 11.1 Å². The number of nitrogens with one attached hydrogen (secondary N) is 1. The molecule has 1 aliphatic carbocycles. The first-order chi connectivity index (χ1) is 9.40. The van der Waals surface area contributed by atoms with E-state index in [9.17, 15) is 9.18 Å². The summed E-state index contributed by atoms with van der Waals surface area (Å²) in [6.07, 6.45) is 3.58. The molecule has 4 heteroatoms. The third kappa shape index (κ3) is 3.37. The number of hydrogen-bond donors (Lipinski definition) is 2. The molecule has 1 aromatic carbocycles. The van der Waals surface area contributed by atoms with Gasteiger partial charge in [0.15, 0.2) is 0 Å². The standard InChI is InChI=1S/C16H23FN2O/c1-11-4-3-7-16(18,9-11)15(20)19-10-13-6-5-12(2)14(17)8-13/h5-6,8,11H,3-4,7,9-10,18H2,1-2H3,(H,19,20). The molecule has 110 valence electrons. The van der Waals surface area contributed by atoms with Crippen LogP contribution in [0.3, 0.4) is 0 Å². The summed E-state index contributed by atoms with van der Waals surface area (Å²) in [5.41, 5.74) is 6.83. The van der Waals surface area contributed by atoms with Crippen molar-refractivity contribution in [2.45, 2.75) is 51.6 Å². The third-order valence-corrected chi connectivity index (χ3v) is 4.17. The molecule has 1 aliphatic rings. The Morgan fingerprint density at radius 3 is 2.95 bits per heavy atom. The van der Waals surface area contributed by atoms with Gasteiger partial charge in [0.05, 0.1) is 5.54 Å². The number of halogens is 1. The van der Waals surface area contributed by atoms with Crippen LogP contribution in [0.25, 0.3) is 0 Å². The molecule has 3 nitrogen and oxygen atoms in total. The van der Waals surface area contributed by atoms with Gasteiger partial charge in [-0.3, -0.25) is 4.79 Å². The summed E-state index contributed by atoms with van der Waals surface area (Å²) in [4.78, 5) is 12.3. The first-order valence-corrected chi connectivity index (χ1v) is 7.23. The molecule has 0 spiro atoms. The number of benzene rings is 1. The molecule has 1 fully saturated rings. The SMILES string of the molecule is Cc1ccc(CNC(=O)C2(N)CCCC(C)C2)cc1F. The maximum absolute atomic E-state index is 13.4. The topological polar surface area (TPSA) is 55.1 Å². The smallest absolute Gasteiger partial charge is 0.240 e. The Labute approximate surface area is 119 Å². The van der Waals surface area contributed by atoms with E-state index in [-0.39, 0.29) is 11.7 Å². The highest BCUT2D eigenvalue weighted by atomic mass is 19.1. The van der Waals surface area contributed by atoms with Crippen molar-refractivity contribution in [2.24, 2.45) is 11.7 Å². The van der Waals surface area contributed by atoms with E-state index in [1.54, 1.807) is 13.0 Å². The fraction of sp³-hybridized carbons (Fsp3) is 0.562. The molecule has 20 heavy (non-hydrogen) atoms. The van der Waals surface area contributed by atoms with Gasteiger partial charge in [-0.05, 0) is 42.9 Å². The summed E-state index contributed by atoms with van der Waals surface area (Å²) in [7, 11) is 0. The lowest BCUT2D eigenvalue weighted by atomic mass is 9.76.